The third-order valence-electron chi connectivity index (χ3n) is 3.39. The van der Waals surface area contributed by atoms with Gasteiger partial charge in [0.1, 0.15) is 0 Å². The van der Waals surface area contributed by atoms with Gasteiger partial charge in [-0.05, 0) is 31.5 Å². The van der Waals surface area contributed by atoms with Gasteiger partial charge in [0.15, 0.2) is 11.5 Å². The molecule has 5 nitrogen and oxygen atoms in total. The summed E-state index contributed by atoms with van der Waals surface area (Å²) in [4.78, 5) is 0. The number of nitrogens with one attached hydrogen (secondary N) is 1. The maximum atomic E-state index is 9.55. The monoisotopic (exact) mass is 275 g/mol. The highest BCUT2D eigenvalue weighted by Gasteiger charge is 2.05. The van der Waals surface area contributed by atoms with Crippen molar-refractivity contribution in [1.82, 2.24) is 15.1 Å². The molecule has 1 heterocycles. The average molecular weight is 275 g/mol. The predicted molar refractivity (Wildman–Crippen MR) is 77.8 cm³/mol. The highest BCUT2D eigenvalue weighted by Crippen LogP contribution is 2.26. The lowest BCUT2D eigenvalue weighted by molar-refractivity contribution is 0.373. The molecule has 0 spiro atoms. The molecule has 1 aromatic heterocycles. The molecule has 20 heavy (non-hydrogen) atoms. The van der Waals surface area contributed by atoms with Crippen molar-refractivity contribution in [2.45, 2.75) is 33.5 Å². The van der Waals surface area contributed by atoms with E-state index >= 15 is 0 Å². The lowest BCUT2D eigenvalue weighted by Gasteiger charge is -2.08. The van der Waals surface area contributed by atoms with Gasteiger partial charge in [-0.2, -0.15) is 5.10 Å². The molecule has 5 heteroatoms. The summed E-state index contributed by atoms with van der Waals surface area (Å²) in [7, 11) is 1.55. The number of aryl methyl sites for hydroxylation is 1. The number of ether oxygens (including phenoxy) is 1. The molecule has 2 N–H and O–H groups in total. The number of methoxy groups -OCH3 is 1. The van der Waals surface area contributed by atoms with Gasteiger partial charge in [-0.1, -0.05) is 6.07 Å². The van der Waals surface area contributed by atoms with Crippen molar-refractivity contribution < 1.29 is 9.84 Å². The zero-order valence-electron chi connectivity index (χ0n) is 12.2. The fourth-order valence-electron chi connectivity index (χ4n) is 2.15. The van der Waals surface area contributed by atoms with Gasteiger partial charge in [-0.15, -0.1) is 0 Å². The fraction of sp³-hybridized carbons (Fsp3) is 0.400. The van der Waals surface area contributed by atoms with Crippen LogP contribution in [0.4, 0.5) is 0 Å². The van der Waals surface area contributed by atoms with Crippen molar-refractivity contribution in [2.75, 3.05) is 7.11 Å². The first kappa shape index (κ1) is 14.4. The van der Waals surface area contributed by atoms with Crippen LogP contribution in [0.15, 0.2) is 24.4 Å². The van der Waals surface area contributed by atoms with Crippen LogP contribution in [0.25, 0.3) is 0 Å². The van der Waals surface area contributed by atoms with E-state index in [0.717, 1.165) is 18.7 Å². The zero-order chi connectivity index (χ0) is 14.5. The standard InChI is InChI=1S/C15H21N3O2/c1-4-18-11(2)13(10-17-18)9-16-8-12-5-6-14(19)15(7-12)20-3/h5-7,10,16,19H,4,8-9H2,1-3H3. The van der Waals surface area contributed by atoms with Gasteiger partial charge in [0.25, 0.3) is 0 Å². The Kier molecular flexibility index (Phi) is 4.63. The molecule has 2 aromatic rings. The number of phenolic OH excluding ortho intramolecular Hbond substituents is 1. The highest BCUT2D eigenvalue weighted by atomic mass is 16.5. The molecule has 0 unspecified atom stereocenters. The average Bonchev–Trinajstić information content (AvgIpc) is 2.81. The van der Waals surface area contributed by atoms with Crippen LogP contribution in [0.2, 0.25) is 0 Å². The summed E-state index contributed by atoms with van der Waals surface area (Å²) < 4.78 is 7.08. The second kappa shape index (κ2) is 6.43. The summed E-state index contributed by atoms with van der Waals surface area (Å²) >= 11 is 0. The minimum Gasteiger partial charge on any atom is -0.504 e. The van der Waals surface area contributed by atoms with E-state index < -0.39 is 0 Å². The third kappa shape index (κ3) is 3.11. The van der Waals surface area contributed by atoms with Gasteiger partial charge in [0.2, 0.25) is 0 Å². The molecule has 0 aliphatic rings. The molecule has 0 radical (unpaired) electrons. The summed E-state index contributed by atoms with van der Waals surface area (Å²) in [5.41, 5.74) is 3.47. The Hall–Kier alpha value is -2.01. The minimum absolute atomic E-state index is 0.163. The van der Waals surface area contributed by atoms with Crippen molar-refractivity contribution in [3.63, 3.8) is 0 Å². The Bertz CT molecular complexity index is 578. The van der Waals surface area contributed by atoms with Crippen LogP contribution in [-0.2, 0) is 19.6 Å². The largest absolute Gasteiger partial charge is 0.504 e. The molecule has 1 aromatic carbocycles. The molecule has 2 rings (SSSR count). The van der Waals surface area contributed by atoms with E-state index in [1.807, 2.05) is 23.0 Å². The highest BCUT2D eigenvalue weighted by molar-refractivity contribution is 5.41. The Morgan fingerprint density at radius 1 is 1.35 bits per heavy atom. The van der Waals surface area contributed by atoms with Crippen LogP contribution in [0.1, 0.15) is 23.7 Å². The minimum atomic E-state index is 0.163. The van der Waals surface area contributed by atoms with Crippen LogP contribution in [0.5, 0.6) is 11.5 Å². The van der Waals surface area contributed by atoms with Gasteiger partial charge in [-0.3, -0.25) is 4.68 Å². The molecular weight excluding hydrogens is 254 g/mol. The number of hydrogen-bond acceptors (Lipinski definition) is 4. The fourth-order valence-corrected chi connectivity index (χ4v) is 2.15. The van der Waals surface area contributed by atoms with Crippen LogP contribution in [-0.4, -0.2) is 22.0 Å². The van der Waals surface area contributed by atoms with Crippen molar-refractivity contribution in [1.29, 1.82) is 0 Å². The van der Waals surface area contributed by atoms with E-state index in [2.05, 4.69) is 24.3 Å². The van der Waals surface area contributed by atoms with Crippen LogP contribution in [0.3, 0.4) is 0 Å². The third-order valence-corrected chi connectivity index (χ3v) is 3.39. The second-order valence-corrected chi connectivity index (χ2v) is 4.68. The smallest absolute Gasteiger partial charge is 0.160 e. The second-order valence-electron chi connectivity index (χ2n) is 4.68. The van der Waals surface area contributed by atoms with Crippen LogP contribution >= 0.6 is 0 Å². The Morgan fingerprint density at radius 3 is 2.80 bits per heavy atom. The maximum absolute atomic E-state index is 9.55. The van der Waals surface area contributed by atoms with Crippen molar-refractivity contribution in [2.24, 2.45) is 0 Å². The van der Waals surface area contributed by atoms with E-state index in [1.165, 1.54) is 11.3 Å². The van der Waals surface area contributed by atoms with Crippen molar-refractivity contribution in [3.05, 3.63) is 41.2 Å². The number of aromatic nitrogens is 2. The summed E-state index contributed by atoms with van der Waals surface area (Å²) in [6, 6.07) is 5.37. The van der Waals surface area contributed by atoms with Crippen LogP contribution < -0.4 is 10.1 Å². The SMILES string of the molecule is CCn1ncc(CNCc2ccc(O)c(OC)c2)c1C. The normalized spacial score (nSPS) is 10.8. The molecule has 0 amide bonds. The molecule has 108 valence electrons. The summed E-state index contributed by atoms with van der Waals surface area (Å²) in [5, 5.41) is 17.2. The summed E-state index contributed by atoms with van der Waals surface area (Å²) in [6.07, 6.45) is 1.91. The van der Waals surface area contributed by atoms with Gasteiger partial charge in [0, 0.05) is 30.9 Å². The number of hydrogen-bond donors (Lipinski definition) is 2. The lowest BCUT2D eigenvalue weighted by atomic mass is 10.2. The molecule has 0 atom stereocenters. The number of benzene rings is 1. The van der Waals surface area contributed by atoms with Gasteiger partial charge in [-0.25, -0.2) is 0 Å². The van der Waals surface area contributed by atoms with E-state index in [9.17, 15) is 5.11 Å². The first-order valence-electron chi connectivity index (χ1n) is 6.73. The number of aromatic hydroxyl groups is 1. The Morgan fingerprint density at radius 2 is 2.15 bits per heavy atom. The molecule has 0 aliphatic carbocycles. The van der Waals surface area contributed by atoms with E-state index in [1.54, 1.807) is 13.2 Å². The molecule has 0 saturated heterocycles. The first-order chi connectivity index (χ1) is 9.65. The zero-order valence-corrected chi connectivity index (χ0v) is 12.2. The Balaban J connectivity index is 1.94. The topological polar surface area (TPSA) is 59.3 Å². The van der Waals surface area contributed by atoms with Gasteiger partial charge in [0.05, 0.1) is 13.3 Å². The number of rotatable bonds is 6. The van der Waals surface area contributed by atoms with E-state index in [4.69, 9.17) is 4.74 Å². The van der Waals surface area contributed by atoms with Crippen molar-refractivity contribution >= 4 is 0 Å². The molecule has 0 bridgehead atoms. The Labute approximate surface area is 119 Å². The van der Waals surface area contributed by atoms with Gasteiger partial charge >= 0.3 is 0 Å². The molecule has 0 saturated carbocycles. The molecule has 0 fully saturated rings. The first-order valence-corrected chi connectivity index (χ1v) is 6.73. The summed E-state index contributed by atoms with van der Waals surface area (Å²) in [6.45, 7) is 6.54. The lowest BCUT2D eigenvalue weighted by Crippen LogP contribution is -2.13. The predicted octanol–water partition coefficient (Wildman–Crippen LogP) is 2.22. The molecule has 0 aliphatic heterocycles. The maximum Gasteiger partial charge on any atom is 0.160 e. The quantitative estimate of drug-likeness (QED) is 0.848. The van der Waals surface area contributed by atoms with E-state index in [0.29, 0.717) is 12.3 Å². The van der Waals surface area contributed by atoms with E-state index in [-0.39, 0.29) is 5.75 Å². The number of nitrogens with zero attached hydrogens (tertiary/aromatic N) is 2. The van der Waals surface area contributed by atoms with Gasteiger partial charge < -0.3 is 15.2 Å². The number of phenols is 1. The molecular formula is C15H21N3O2. The van der Waals surface area contributed by atoms with Crippen LogP contribution in [0, 0.1) is 6.92 Å². The van der Waals surface area contributed by atoms with Crippen molar-refractivity contribution in [3.8, 4) is 11.5 Å². The summed E-state index contributed by atoms with van der Waals surface area (Å²) in [5.74, 6) is 0.663.